The Kier molecular flexibility index (Phi) is 6.45. The molecular weight excluding hydrogens is 326 g/mol. The number of ether oxygens (including phenoxy) is 1. The Balaban J connectivity index is 1.57. The van der Waals surface area contributed by atoms with E-state index in [1.165, 1.54) is 44.2 Å². The Hall–Kier alpha value is -2.14. The van der Waals surface area contributed by atoms with Crippen molar-refractivity contribution >= 4 is 0 Å². The average Bonchev–Trinajstić information content (AvgIpc) is 2.63. The third-order valence-corrected chi connectivity index (χ3v) is 5.14. The fraction of sp³-hybridized carbons (Fsp3) is 0.524. The number of piperidine rings is 1. The van der Waals surface area contributed by atoms with Gasteiger partial charge in [0.05, 0.1) is 12.4 Å². The summed E-state index contributed by atoms with van der Waals surface area (Å²) < 4.78 is 6.18. The number of hydrogen-bond acceptors (Lipinski definition) is 4. The highest BCUT2D eigenvalue weighted by molar-refractivity contribution is 5.28. The van der Waals surface area contributed by atoms with E-state index in [1.807, 2.05) is 6.07 Å². The second-order valence-electron chi connectivity index (χ2n) is 7.39. The summed E-state index contributed by atoms with van der Waals surface area (Å²) >= 11 is 0. The minimum Gasteiger partial charge on any atom is -0.490 e. The summed E-state index contributed by atoms with van der Waals surface area (Å²) in [6.45, 7) is 7.60. The molecule has 5 heteroatoms. The molecule has 3 rings (SSSR count). The number of nitrogens with zero attached hydrogens (tertiary/aromatic N) is 2. The molecule has 0 aliphatic carbocycles. The van der Waals surface area contributed by atoms with Crippen LogP contribution < -0.4 is 10.3 Å². The van der Waals surface area contributed by atoms with Gasteiger partial charge in [0.25, 0.3) is 5.56 Å². The number of rotatable bonds is 7. The van der Waals surface area contributed by atoms with Crippen LogP contribution in [0.2, 0.25) is 0 Å². The molecule has 140 valence electrons. The Morgan fingerprint density at radius 3 is 2.77 bits per heavy atom. The molecule has 1 aliphatic rings. The molecule has 1 N–H and O–H groups in total. The number of likely N-dealkylation sites (tertiary alicyclic amines) is 1. The number of benzene rings is 1. The standard InChI is InChI=1S/C21H29N3O2/c1-16(11-19-13-21(25)23-15-22-19)17(2)26-20-8-6-7-18(12-20)14-24-9-4-3-5-10-24/h6-8,12-13,15-17H,3-5,9-11,14H2,1-2H3,(H,22,23,25). The third kappa shape index (κ3) is 5.43. The van der Waals surface area contributed by atoms with E-state index in [4.69, 9.17) is 4.74 Å². The number of aromatic nitrogens is 2. The van der Waals surface area contributed by atoms with Crippen molar-refractivity contribution in [3.05, 3.63) is 58.3 Å². The summed E-state index contributed by atoms with van der Waals surface area (Å²) in [6, 6.07) is 9.99. The zero-order valence-electron chi connectivity index (χ0n) is 15.8. The molecule has 2 atom stereocenters. The van der Waals surface area contributed by atoms with Crippen molar-refractivity contribution in [3.63, 3.8) is 0 Å². The molecule has 2 heterocycles. The molecule has 5 nitrogen and oxygen atoms in total. The van der Waals surface area contributed by atoms with E-state index in [0.29, 0.717) is 0 Å². The SMILES string of the molecule is CC(Cc1cc(=O)[nH]cn1)C(C)Oc1cccc(CN2CCCCC2)c1. The third-order valence-electron chi connectivity index (χ3n) is 5.14. The largest absolute Gasteiger partial charge is 0.490 e. The van der Waals surface area contributed by atoms with Gasteiger partial charge in [-0.15, -0.1) is 0 Å². The van der Waals surface area contributed by atoms with Crippen LogP contribution in [-0.4, -0.2) is 34.1 Å². The van der Waals surface area contributed by atoms with Gasteiger partial charge in [0.1, 0.15) is 5.75 Å². The topological polar surface area (TPSA) is 58.2 Å². The summed E-state index contributed by atoms with van der Waals surface area (Å²) in [5, 5.41) is 0. The summed E-state index contributed by atoms with van der Waals surface area (Å²) in [5.41, 5.74) is 2.00. The van der Waals surface area contributed by atoms with Crippen LogP contribution in [0, 0.1) is 5.92 Å². The van der Waals surface area contributed by atoms with E-state index in [9.17, 15) is 4.79 Å². The lowest BCUT2D eigenvalue weighted by Crippen LogP contribution is -2.29. The lowest BCUT2D eigenvalue weighted by atomic mass is 10.00. The molecule has 1 saturated heterocycles. The zero-order chi connectivity index (χ0) is 18.4. The Morgan fingerprint density at radius 1 is 1.19 bits per heavy atom. The molecule has 1 fully saturated rings. The molecule has 0 spiro atoms. The van der Waals surface area contributed by atoms with Gasteiger partial charge in [0, 0.05) is 18.3 Å². The van der Waals surface area contributed by atoms with Gasteiger partial charge < -0.3 is 9.72 Å². The second kappa shape index (κ2) is 8.99. The maximum atomic E-state index is 11.4. The lowest BCUT2D eigenvalue weighted by molar-refractivity contribution is 0.159. The van der Waals surface area contributed by atoms with Crippen molar-refractivity contribution < 1.29 is 4.74 Å². The van der Waals surface area contributed by atoms with Crippen molar-refractivity contribution in [1.29, 1.82) is 0 Å². The van der Waals surface area contributed by atoms with E-state index >= 15 is 0 Å². The van der Waals surface area contributed by atoms with Crippen LogP contribution in [0.25, 0.3) is 0 Å². The van der Waals surface area contributed by atoms with Crippen LogP contribution in [0.4, 0.5) is 0 Å². The molecule has 2 aromatic rings. The molecule has 26 heavy (non-hydrogen) atoms. The van der Waals surface area contributed by atoms with Crippen molar-refractivity contribution in [2.75, 3.05) is 13.1 Å². The molecule has 0 amide bonds. The first-order valence-electron chi connectivity index (χ1n) is 9.62. The quantitative estimate of drug-likeness (QED) is 0.827. The molecule has 2 unspecified atom stereocenters. The van der Waals surface area contributed by atoms with Crippen LogP contribution in [0.3, 0.4) is 0 Å². The van der Waals surface area contributed by atoms with Gasteiger partial charge in [-0.3, -0.25) is 9.69 Å². The van der Waals surface area contributed by atoms with Gasteiger partial charge >= 0.3 is 0 Å². The van der Waals surface area contributed by atoms with Crippen LogP contribution in [0.15, 0.2) is 41.5 Å². The molecule has 0 bridgehead atoms. The van der Waals surface area contributed by atoms with Crippen LogP contribution in [0.1, 0.15) is 44.4 Å². The number of aromatic amines is 1. The molecular formula is C21H29N3O2. The minimum atomic E-state index is -0.110. The predicted molar refractivity (Wildman–Crippen MR) is 103 cm³/mol. The first-order valence-corrected chi connectivity index (χ1v) is 9.62. The predicted octanol–water partition coefficient (Wildman–Crippen LogP) is 3.40. The van der Waals surface area contributed by atoms with Crippen molar-refractivity contribution in [3.8, 4) is 5.75 Å². The van der Waals surface area contributed by atoms with Crippen LogP contribution in [-0.2, 0) is 13.0 Å². The summed E-state index contributed by atoms with van der Waals surface area (Å²) in [6.07, 6.45) is 6.19. The summed E-state index contributed by atoms with van der Waals surface area (Å²) in [5.74, 6) is 1.17. The maximum absolute atomic E-state index is 11.4. The highest BCUT2D eigenvalue weighted by Gasteiger charge is 2.16. The highest BCUT2D eigenvalue weighted by Crippen LogP contribution is 2.21. The first kappa shape index (κ1) is 18.6. The number of hydrogen-bond donors (Lipinski definition) is 1. The Morgan fingerprint density at radius 2 is 2.00 bits per heavy atom. The maximum Gasteiger partial charge on any atom is 0.250 e. The molecule has 1 aromatic carbocycles. The van der Waals surface area contributed by atoms with E-state index in [2.05, 4.69) is 46.9 Å². The van der Waals surface area contributed by atoms with Crippen molar-refractivity contribution in [1.82, 2.24) is 14.9 Å². The number of H-pyrrole nitrogens is 1. The normalized spacial score (nSPS) is 17.6. The first-order chi connectivity index (χ1) is 12.6. The molecule has 0 radical (unpaired) electrons. The van der Waals surface area contributed by atoms with Gasteiger partial charge in [-0.25, -0.2) is 4.98 Å². The highest BCUT2D eigenvalue weighted by atomic mass is 16.5. The zero-order valence-corrected chi connectivity index (χ0v) is 15.8. The summed E-state index contributed by atoms with van der Waals surface area (Å²) in [4.78, 5) is 20.7. The van der Waals surface area contributed by atoms with E-state index < -0.39 is 0 Å². The molecule has 1 aromatic heterocycles. The molecule has 0 saturated carbocycles. The van der Waals surface area contributed by atoms with Gasteiger partial charge in [0.2, 0.25) is 0 Å². The average molecular weight is 355 g/mol. The fourth-order valence-electron chi connectivity index (χ4n) is 3.44. The van der Waals surface area contributed by atoms with E-state index in [0.717, 1.165) is 24.4 Å². The monoisotopic (exact) mass is 355 g/mol. The van der Waals surface area contributed by atoms with Crippen molar-refractivity contribution in [2.24, 2.45) is 5.92 Å². The number of nitrogens with one attached hydrogen (secondary N) is 1. The fourth-order valence-corrected chi connectivity index (χ4v) is 3.44. The molecule has 1 aliphatic heterocycles. The smallest absolute Gasteiger partial charge is 0.250 e. The van der Waals surface area contributed by atoms with Crippen molar-refractivity contribution in [2.45, 2.75) is 52.2 Å². The van der Waals surface area contributed by atoms with Gasteiger partial charge in [-0.2, -0.15) is 0 Å². The van der Waals surface area contributed by atoms with E-state index in [1.54, 1.807) is 6.07 Å². The second-order valence-corrected chi connectivity index (χ2v) is 7.39. The van der Waals surface area contributed by atoms with Gasteiger partial charge in [-0.1, -0.05) is 25.5 Å². The minimum absolute atomic E-state index is 0.0429. The van der Waals surface area contributed by atoms with Crippen LogP contribution in [0.5, 0.6) is 5.75 Å². The van der Waals surface area contributed by atoms with Gasteiger partial charge in [0.15, 0.2) is 0 Å². The Bertz CT molecular complexity index is 753. The van der Waals surface area contributed by atoms with E-state index in [-0.39, 0.29) is 17.6 Å². The van der Waals surface area contributed by atoms with Gasteiger partial charge in [-0.05, 0) is 62.9 Å². The summed E-state index contributed by atoms with van der Waals surface area (Å²) in [7, 11) is 0. The Labute approximate surface area is 155 Å². The lowest BCUT2D eigenvalue weighted by Gasteiger charge is -2.27. The van der Waals surface area contributed by atoms with Crippen LogP contribution >= 0.6 is 0 Å².